The smallest absolute Gasteiger partial charge is 0.132 e. The SMILES string of the molecule is CC1(c2ccccc2)c2ccccc2-c2cccc(-c3ccc4c(c3)C3(c5ccccc5O4)c4ccccc4-c4ccccc43)c21. The molecule has 1 heteroatoms. The summed E-state index contributed by atoms with van der Waals surface area (Å²) in [5.74, 6) is 1.83. The van der Waals surface area contributed by atoms with Gasteiger partial charge in [0.1, 0.15) is 11.5 Å². The third kappa shape index (κ3) is 3.10. The average molecular weight is 587 g/mol. The second-order valence-electron chi connectivity index (χ2n) is 12.9. The number of benzene rings is 7. The number of fused-ring (bicyclic) bond motifs is 12. The molecule has 0 bridgehead atoms. The molecule has 0 saturated heterocycles. The van der Waals surface area contributed by atoms with E-state index >= 15 is 0 Å². The van der Waals surface area contributed by atoms with Crippen LogP contribution >= 0.6 is 0 Å². The van der Waals surface area contributed by atoms with Crippen LogP contribution in [0.2, 0.25) is 0 Å². The van der Waals surface area contributed by atoms with E-state index in [4.69, 9.17) is 4.74 Å². The third-order valence-electron chi connectivity index (χ3n) is 10.8. The lowest BCUT2D eigenvalue weighted by Crippen LogP contribution is -2.32. The topological polar surface area (TPSA) is 9.23 Å². The Bertz CT molecular complexity index is 2320. The number of hydrogen-bond acceptors (Lipinski definition) is 1. The van der Waals surface area contributed by atoms with Crippen molar-refractivity contribution in [2.75, 3.05) is 0 Å². The Morgan fingerprint density at radius 3 is 1.63 bits per heavy atom. The summed E-state index contributed by atoms with van der Waals surface area (Å²) in [4.78, 5) is 0. The van der Waals surface area contributed by atoms with E-state index < -0.39 is 5.41 Å². The van der Waals surface area contributed by atoms with E-state index in [0.29, 0.717) is 0 Å². The molecule has 216 valence electrons. The molecule has 0 aromatic heterocycles. The maximum absolute atomic E-state index is 6.74. The molecule has 0 radical (unpaired) electrons. The first-order chi connectivity index (χ1) is 22.7. The number of para-hydroxylation sites is 1. The Balaban J connectivity index is 1.28. The summed E-state index contributed by atoms with van der Waals surface area (Å²) in [6.07, 6.45) is 0. The Morgan fingerprint density at radius 2 is 0.913 bits per heavy atom. The second-order valence-corrected chi connectivity index (χ2v) is 12.9. The van der Waals surface area contributed by atoms with Crippen LogP contribution in [0.4, 0.5) is 0 Å². The van der Waals surface area contributed by atoms with Crippen molar-refractivity contribution >= 4 is 0 Å². The van der Waals surface area contributed by atoms with E-state index in [-0.39, 0.29) is 5.41 Å². The summed E-state index contributed by atoms with van der Waals surface area (Å²) in [5.41, 5.74) is 15.9. The van der Waals surface area contributed by atoms with Gasteiger partial charge in [-0.15, -0.1) is 0 Å². The highest BCUT2D eigenvalue weighted by Gasteiger charge is 2.51. The highest BCUT2D eigenvalue weighted by molar-refractivity contribution is 5.92. The normalized spacial score (nSPS) is 17.2. The fraction of sp³-hybridized carbons (Fsp3) is 0.0667. The van der Waals surface area contributed by atoms with E-state index in [0.717, 1.165) is 11.5 Å². The summed E-state index contributed by atoms with van der Waals surface area (Å²) in [6.45, 7) is 2.40. The molecule has 1 atom stereocenters. The minimum Gasteiger partial charge on any atom is -0.457 e. The molecular weight excluding hydrogens is 556 g/mol. The van der Waals surface area contributed by atoms with Crippen molar-refractivity contribution in [3.63, 3.8) is 0 Å². The van der Waals surface area contributed by atoms with Gasteiger partial charge in [-0.25, -0.2) is 0 Å². The fourth-order valence-electron chi connectivity index (χ4n) is 8.94. The molecule has 1 spiro atoms. The number of hydrogen-bond donors (Lipinski definition) is 0. The van der Waals surface area contributed by atoms with Gasteiger partial charge in [0.25, 0.3) is 0 Å². The van der Waals surface area contributed by atoms with Gasteiger partial charge < -0.3 is 4.74 Å². The van der Waals surface area contributed by atoms with Gasteiger partial charge >= 0.3 is 0 Å². The van der Waals surface area contributed by atoms with Crippen molar-refractivity contribution < 1.29 is 4.74 Å². The summed E-state index contributed by atoms with van der Waals surface area (Å²) in [7, 11) is 0. The number of rotatable bonds is 2. The summed E-state index contributed by atoms with van der Waals surface area (Å²) >= 11 is 0. The van der Waals surface area contributed by atoms with Crippen molar-refractivity contribution in [3.8, 4) is 44.9 Å². The maximum atomic E-state index is 6.74. The molecule has 7 aromatic rings. The van der Waals surface area contributed by atoms with Crippen LogP contribution in [-0.4, -0.2) is 0 Å². The first-order valence-corrected chi connectivity index (χ1v) is 16.1. The van der Waals surface area contributed by atoms with Gasteiger partial charge in [-0.05, 0) is 86.3 Å². The molecule has 10 rings (SSSR count). The zero-order valence-corrected chi connectivity index (χ0v) is 25.5. The quantitative estimate of drug-likeness (QED) is 0.196. The standard InChI is InChI=1S/C45H30O/c1-44(30-14-3-2-4-15-30)36-21-8-5-18-34(36)35-20-13-19-31(43(35)44)29-26-27-42-40(28-29)45(39-24-11-12-25-41(39)46-42)37-22-9-6-16-32(37)33-17-7-10-23-38(33)45/h2-28H,1H3. The zero-order chi connectivity index (χ0) is 30.5. The molecule has 1 nitrogen and oxygen atoms in total. The molecule has 1 heterocycles. The molecule has 1 unspecified atom stereocenters. The second kappa shape index (κ2) is 9.19. The van der Waals surface area contributed by atoms with Crippen LogP contribution < -0.4 is 4.74 Å². The van der Waals surface area contributed by atoms with E-state index in [1.54, 1.807) is 0 Å². The van der Waals surface area contributed by atoms with Crippen LogP contribution in [0.25, 0.3) is 33.4 Å². The molecule has 0 N–H and O–H groups in total. The van der Waals surface area contributed by atoms with Crippen LogP contribution in [0.1, 0.15) is 45.9 Å². The molecule has 0 saturated carbocycles. The molecule has 3 aliphatic rings. The van der Waals surface area contributed by atoms with Gasteiger partial charge in [-0.1, -0.05) is 146 Å². The monoisotopic (exact) mass is 586 g/mol. The Hall–Kier alpha value is -5.66. The van der Waals surface area contributed by atoms with Crippen LogP contribution in [0.3, 0.4) is 0 Å². The van der Waals surface area contributed by atoms with E-state index in [1.807, 2.05) is 0 Å². The van der Waals surface area contributed by atoms with Crippen LogP contribution in [0, 0.1) is 0 Å². The summed E-state index contributed by atoms with van der Waals surface area (Å²) in [6, 6.07) is 60.1. The van der Waals surface area contributed by atoms with Crippen molar-refractivity contribution in [3.05, 3.63) is 203 Å². The van der Waals surface area contributed by atoms with E-state index in [2.05, 4.69) is 171 Å². The average Bonchev–Trinajstić information content (AvgIpc) is 3.57. The first kappa shape index (κ1) is 25.6. The van der Waals surface area contributed by atoms with Gasteiger partial charge in [-0.3, -0.25) is 0 Å². The van der Waals surface area contributed by atoms with E-state index in [9.17, 15) is 0 Å². The van der Waals surface area contributed by atoms with Crippen LogP contribution in [-0.2, 0) is 10.8 Å². The van der Waals surface area contributed by atoms with E-state index in [1.165, 1.54) is 72.3 Å². The molecule has 7 aromatic carbocycles. The summed E-state index contributed by atoms with van der Waals surface area (Å²) < 4.78 is 6.74. The lowest BCUT2D eigenvalue weighted by atomic mass is 9.65. The van der Waals surface area contributed by atoms with Crippen molar-refractivity contribution in [2.24, 2.45) is 0 Å². The zero-order valence-electron chi connectivity index (χ0n) is 25.5. The highest BCUT2D eigenvalue weighted by Crippen LogP contribution is 2.63. The van der Waals surface area contributed by atoms with Crippen molar-refractivity contribution in [1.82, 2.24) is 0 Å². The van der Waals surface area contributed by atoms with Gasteiger partial charge in [0.2, 0.25) is 0 Å². The third-order valence-corrected chi connectivity index (χ3v) is 10.8. The molecule has 1 aliphatic heterocycles. The van der Waals surface area contributed by atoms with Gasteiger partial charge in [0.15, 0.2) is 0 Å². The Kier molecular flexibility index (Phi) is 5.12. The van der Waals surface area contributed by atoms with Crippen molar-refractivity contribution in [1.29, 1.82) is 0 Å². The summed E-state index contributed by atoms with van der Waals surface area (Å²) in [5, 5.41) is 0. The van der Waals surface area contributed by atoms with Gasteiger partial charge in [-0.2, -0.15) is 0 Å². The Labute approximate surface area is 269 Å². The predicted octanol–water partition coefficient (Wildman–Crippen LogP) is 11.2. The Morgan fingerprint density at radius 1 is 0.391 bits per heavy atom. The lowest BCUT2D eigenvalue weighted by molar-refractivity contribution is 0.436. The van der Waals surface area contributed by atoms with Crippen LogP contribution in [0.5, 0.6) is 11.5 Å². The highest BCUT2D eigenvalue weighted by atomic mass is 16.5. The molecule has 46 heavy (non-hydrogen) atoms. The minimum atomic E-state index is -0.489. The molecule has 2 aliphatic carbocycles. The minimum absolute atomic E-state index is 0.299. The van der Waals surface area contributed by atoms with Crippen molar-refractivity contribution in [2.45, 2.75) is 17.8 Å². The van der Waals surface area contributed by atoms with Crippen LogP contribution in [0.15, 0.2) is 164 Å². The number of ether oxygens (including phenoxy) is 1. The maximum Gasteiger partial charge on any atom is 0.132 e. The van der Waals surface area contributed by atoms with Gasteiger partial charge in [0.05, 0.1) is 5.41 Å². The predicted molar refractivity (Wildman–Crippen MR) is 187 cm³/mol. The molecule has 0 amide bonds. The first-order valence-electron chi connectivity index (χ1n) is 16.1. The fourth-order valence-corrected chi connectivity index (χ4v) is 8.94. The largest absolute Gasteiger partial charge is 0.457 e. The van der Waals surface area contributed by atoms with Gasteiger partial charge in [0, 0.05) is 16.5 Å². The molecule has 0 fully saturated rings. The lowest BCUT2D eigenvalue weighted by Gasteiger charge is -2.39. The molecular formula is C45H30O.